The van der Waals surface area contributed by atoms with E-state index in [4.69, 9.17) is 4.74 Å². The zero-order chi connectivity index (χ0) is 13.2. The Morgan fingerprint density at radius 3 is 2.44 bits per heavy atom. The lowest BCUT2D eigenvalue weighted by Crippen LogP contribution is -2.14. The molecule has 1 aromatic heterocycles. The summed E-state index contributed by atoms with van der Waals surface area (Å²) in [7, 11) is 0. The first-order valence-corrected chi connectivity index (χ1v) is 6.64. The Kier molecular flexibility index (Phi) is 3.68. The van der Waals surface area contributed by atoms with Gasteiger partial charge in [-0.15, -0.1) is 11.3 Å². The summed E-state index contributed by atoms with van der Waals surface area (Å²) in [5.74, 6) is 0.800. The van der Waals surface area contributed by atoms with Gasteiger partial charge in [-0.3, -0.25) is 0 Å². The van der Waals surface area contributed by atoms with Crippen molar-refractivity contribution < 1.29 is 9.84 Å². The van der Waals surface area contributed by atoms with Gasteiger partial charge in [-0.1, -0.05) is 12.1 Å². The molecule has 4 heteroatoms. The molecule has 0 aliphatic heterocycles. The minimum atomic E-state index is -0.812. The summed E-state index contributed by atoms with van der Waals surface area (Å²) in [6.07, 6.45) is 1.84. The molecule has 2 aromatic rings. The zero-order valence-electron chi connectivity index (χ0n) is 10.8. The van der Waals surface area contributed by atoms with Crippen molar-refractivity contribution in [3.63, 3.8) is 0 Å². The molecule has 0 atom stereocenters. The van der Waals surface area contributed by atoms with E-state index in [0.29, 0.717) is 6.61 Å². The monoisotopic (exact) mass is 263 g/mol. The van der Waals surface area contributed by atoms with E-state index < -0.39 is 5.60 Å². The minimum Gasteiger partial charge on any atom is -0.488 e. The van der Waals surface area contributed by atoms with Crippen LogP contribution in [0.5, 0.6) is 5.75 Å². The van der Waals surface area contributed by atoms with Crippen molar-refractivity contribution in [3.05, 3.63) is 45.9 Å². The highest BCUT2D eigenvalue weighted by Gasteiger charge is 2.15. The fourth-order valence-corrected chi connectivity index (χ4v) is 2.29. The lowest BCUT2D eigenvalue weighted by Gasteiger charge is -2.17. The van der Waals surface area contributed by atoms with Crippen LogP contribution in [0.25, 0.3) is 0 Å². The van der Waals surface area contributed by atoms with E-state index in [1.54, 1.807) is 25.2 Å². The maximum absolute atomic E-state index is 9.84. The average molecular weight is 263 g/mol. The van der Waals surface area contributed by atoms with Gasteiger partial charge < -0.3 is 9.84 Å². The Bertz CT molecular complexity index is 511. The number of aryl methyl sites for hydroxylation is 1. The Labute approximate surface area is 111 Å². The van der Waals surface area contributed by atoms with Crippen molar-refractivity contribution in [1.29, 1.82) is 0 Å². The molecule has 1 heterocycles. The molecule has 0 fully saturated rings. The third-order valence-electron chi connectivity index (χ3n) is 2.61. The summed E-state index contributed by atoms with van der Waals surface area (Å²) in [5, 5.41) is 10.9. The molecule has 0 bridgehead atoms. The summed E-state index contributed by atoms with van der Waals surface area (Å²) >= 11 is 1.64. The van der Waals surface area contributed by atoms with Crippen LogP contribution >= 0.6 is 11.3 Å². The number of aromatic nitrogens is 1. The molecule has 1 aromatic carbocycles. The van der Waals surface area contributed by atoms with Crippen molar-refractivity contribution in [2.75, 3.05) is 0 Å². The number of thiazole rings is 1. The maximum atomic E-state index is 9.84. The number of aliphatic hydroxyl groups is 1. The summed E-state index contributed by atoms with van der Waals surface area (Å²) in [4.78, 5) is 5.29. The average Bonchev–Trinajstić information content (AvgIpc) is 2.72. The van der Waals surface area contributed by atoms with Gasteiger partial charge in [0.05, 0.1) is 15.5 Å². The SMILES string of the molecule is Cc1ncc(COc2ccc(C(C)(C)O)cc2)s1. The fraction of sp³-hybridized carbons (Fsp3) is 0.357. The molecule has 2 rings (SSSR count). The number of hydrogen-bond acceptors (Lipinski definition) is 4. The van der Waals surface area contributed by atoms with Gasteiger partial charge in [0.15, 0.2) is 0 Å². The van der Waals surface area contributed by atoms with Gasteiger partial charge in [-0.25, -0.2) is 4.98 Å². The van der Waals surface area contributed by atoms with Crippen molar-refractivity contribution >= 4 is 11.3 Å². The van der Waals surface area contributed by atoms with Crippen LogP contribution in [0.2, 0.25) is 0 Å². The Hall–Kier alpha value is -1.39. The van der Waals surface area contributed by atoms with Crippen LogP contribution in [0.1, 0.15) is 29.3 Å². The molecule has 1 N–H and O–H groups in total. The lowest BCUT2D eigenvalue weighted by molar-refractivity contribution is 0.0785. The molecule has 96 valence electrons. The number of ether oxygens (including phenoxy) is 1. The molecule has 0 amide bonds. The predicted octanol–water partition coefficient (Wildman–Crippen LogP) is 3.26. The second-order valence-corrected chi connectivity index (χ2v) is 6.04. The molecule has 3 nitrogen and oxygen atoms in total. The summed E-state index contributed by atoms with van der Waals surface area (Å²) < 4.78 is 5.66. The fourth-order valence-electron chi connectivity index (χ4n) is 1.59. The Morgan fingerprint density at radius 1 is 1.28 bits per heavy atom. The number of nitrogens with zero attached hydrogens (tertiary/aromatic N) is 1. The molecule has 0 saturated carbocycles. The van der Waals surface area contributed by atoms with Crippen molar-refractivity contribution in [3.8, 4) is 5.75 Å². The zero-order valence-corrected chi connectivity index (χ0v) is 11.6. The van der Waals surface area contributed by atoms with Crippen LogP contribution in [0, 0.1) is 6.92 Å². The highest BCUT2D eigenvalue weighted by Crippen LogP contribution is 2.23. The van der Waals surface area contributed by atoms with E-state index in [2.05, 4.69) is 4.98 Å². The predicted molar refractivity (Wildman–Crippen MR) is 72.9 cm³/mol. The Morgan fingerprint density at radius 2 is 1.94 bits per heavy atom. The number of hydrogen-bond donors (Lipinski definition) is 1. The summed E-state index contributed by atoms with van der Waals surface area (Å²) in [6.45, 7) is 6.05. The minimum absolute atomic E-state index is 0.535. The molecule has 18 heavy (non-hydrogen) atoms. The normalized spacial score (nSPS) is 11.6. The van der Waals surface area contributed by atoms with Crippen LogP contribution in [-0.2, 0) is 12.2 Å². The van der Waals surface area contributed by atoms with Gasteiger partial charge in [0.2, 0.25) is 0 Å². The van der Waals surface area contributed by atoms with Crippen molar-refractivity contribution in [1.82, 2.24) is 4.98 Å². The molecule has 0 spiro atoms. The second-order valence-electron chi connectivity index (χ2n) is 4.72. The standard InChI is InChI=1S/C14H17NO2S/c1-10-15-8-13(18-10)9-17-12-6-4-11(5-7-12)14(2,3)16/h4-8,16H,9H2,1-3H3. The molecule has 0 aliphatic carbocycles. The molecule has 0 saturated heterocycles. The summed E-state index contributed by atoms with van der Waals surface area (Å²) in [6, 6.07) is 7.52. The van der Waals surface area contributed by atoms with Crippen LogP contribution in [-0.4, -0.2) is 10.1 Å². The Balaban J connectivity index is 1.98. The van der Waals surface area contributed by atoms with Crippen LogP contribution in [0.4, 0.5) is 0 Å². The molecule has 0 radical (unpaired) electrons. The quantitative estimate of drug-likeness (QED) is 0.920. The summed E-state index contributed by atoms with van der Waals surface area (Å²) in [5.41, 5.74) is 0.0660. The highest BCUT2D eigenvalue weighted by molar-refractivity contribution is 7.11. The lowest BCUT2D eigenvalue weighted by atomic mass is 9.99. The third kappa shape index (κ3) is 3.31. The number of benzene rings is 1. The van der Waals surface area contributed by atoms with Crippen LogP contribution in [0.3, 0.4) is 0 Å². The van der Waals surface area contributed by atoms with E-state index in [1.165, 1.54) is 0 Å². The van der Waals surface area contributed by atoms with Gasteiger partial charge in [0.1, 0.15) is 12.4 Å². The van der Waals surface area contributed by atoms with Gasteiger partial charge in [-0.2, -0.15) is 0 Å². The van der Waals surface area contributed by atoms with E-state index in [0.717, 1.165) is 21.2 Å². The smallest absolute Gasteiger partial charge is 0.124 e. The van der Waals surface area contributed by atoms with Gasteiger partial charge in [0.25, 0.3) is 0 Å². The van der Waals surface area contributed by atoms with Gasteiger partial charge in [-0.05, 0) is 38.5 Å². The van der Waals surface area contributed by atoms with Gasteiger partial charge >= 0.3 is 0 Å². The maximum Gasteiger partial charge on any atom is 0.124 e. The van der Waals surface area contributed by atoms with Crippen LogP contribution in [0.15, 0.2) is 30.5 Å². The van der Waals surface area contributed by atoms with Crippen molar-refractivity contribution in [2.45, 2.75) is 33.0 Å². The third-order valence-corrected chi connectivity index (χ3v) is 3.50. The first kappa shape index (κ1) is 13.1. The second kappa shape index (κ2) is 5.08. The van der Waals surface area contributed by atoms with Crippen LogP contribution < -0.4 is 4.74 Å². The first-order valence-electron chi connectivity index (χ1n) is 5.82. The topological polar surface area (TPSA) is 42.4 Å². The van der Waals surface area contributed by atoms with E-state index >= 15 is 0 Å². The molecule has 0 aliphatic rings. The molecular formula is C14H17NO2S. The highest BCUT2D eigenvalue weighted by atomic mass is 32.1. The van der Waals surface area contributed by atoms with Gasteiger partial charge in [0, 0.05) is 6.20 Å². The van der Waals surface area contributed by atoms with E-state index in [1.807, 2.05) is 37.4 Å². The number of rotatable bonds is 4. The van der Waals surface area contributed by atoms with Crippen molar-refractivity contribution in [2.24, 2.45) is 0 Å². The first-order chi connectivity index (χ1) is 8.45. The van der Waals surface area contributed by atoms with E-state index in [-0.39, 0.29) is 0 Å². The molecule has 0 unspecified atom stereocenters. The van der Waals surface area contributed by atoms with E-state index in [9.17, 15) is 5.11 Å². The largest absolute Gasteiger partial charge is 0.488 e. The molecular weight excluding hydrogens is 246 g/mol.